The summed E-state index contributed by atoms with van der Waals surface area (Å²) >= 11 is 0. The molecule has 0 aliphatic heterocycles. The maximum Gasteiger partial charge on any atom is 0.248 e. The summed E-state index contributed by atoms with van der Waals surface area (Å²) in [5, 5.41) is 74.9. The Bertz CT molecular complexity index is 2110. The van der Waals surface area contributed by atoms with Crippen molar-refractivity contribution < 1.29 is 73.4 Å². The Morgan fingerprint density at radius 1 is 0.740 bits per heavy atom. The summed E-state index contributed by atoms with van der Waals surface area (Å²) in [7, 11) is 2.95. The van der Waals surface area contributed by atoms with Gasteiger partial charge in [-0.1, -0.05) is 60.1 Å². The number of amides is 8. The molecule has 436 valence electrons. The van der Waals surface area contributed by atoms with Gasteiger partial charge in [-0.25, -0.2) is 0 Å². The number of aliphatic hydroxyl groups excluding tert-OH is 5. The second kappa shape index (κ2) is 34.2. The molecule has 0 heterocycles. The van der Waals surface area contributed by atoms with Crippen molar-refractivity contribution in [2.75, 3.05) is 33.9 Å². The Morgan fingerprint density at radius 2 is 1.30 bits per heavy atom. The van der Waals surface area contributed by atoms with E-state index in [1.807, 2.05) is 5.32 Å². The van der Waals surface area contributed by atoms with E-state index in [4.69, 9.17) is 27.7 Å². The Hall–Kier alpha value is -6.60. The number of nitrogens with zero attached hydrogens (tertiary/aromatic N) is 1. The highest BCUT2D eigenvalue weighted by atomic mass is 16.5. The lowest BCUT2D eigenvalue weighted by atomic mass is 9.95. The molecule has 29 heteroatoms. The molecule has 0 aliphatic carbocycles. The molecular weight excluding hydrogens is 1010 g/mol. The number of rotatable bonds is 36. The van der Waals surface area contributed by atoms with E-state index in [9.17, 15) is 68.7 Å². The monoisotopic (exact) mass is 1100 g/mol. The number of likely N-dealkylation sites (N-methyl/N-ethyl adjacent to an activating group) is 1. The molecule has 0 radical (unpaired) electrons. The molecule has 14 atom stereocenters. The SMILES string of the molecule is CC[C@H](C)[C@H](NC(=O)[C@@H](CCCN=C(N)N)NC(=O)[C@H](CC(C)C)NC(=O)[C@@H](NC(=O)[C@@H](N)[C@H](NC(O)[C@H](CO)NC)c1ccc(OC)cc1)[C@H](O)C(C)C)C(=O)N[C@H](C(=O)NCC(=O)N[C@H](C=O)[C@H](O)C(N)=O)[C@H](C)O. The average molecular weight is 1100 g/mol. The molecule has 1 unspecified atom stereocenters. The minimum Gasteiger partial charge on any atom is -0.497 e. The Kier molecular flexibility index (Phi) is 30.4. The van der Waals surface area contributed by atoms with Crippen LogP contribution in [0.15, 0.2) is 29.3 Å². The molecule has 1 aromatic carbocycles. The largest absolute Gasteiger partial charge is 0.497 e. The van der Waals surface area contributed by atoms with Crippen molar-refractivity contribution in [3.8, 4) is 5.75 Å². The number of nitrogens with one attached hydrogen (secondary N) is 9. The Balaban J connectivity index is 3.56. The molecular formula is C48H84N14O15. The molecule has 0 saturated carbocycles. The van der Waals surface area contributed by atoms with Crippen LogP contribution < -0.4 is 75.5 Å². The van der Waals surface area contributed by atoms with Gasteiger partial charge in [0.1, 0.15) is 60.6 Å². The van der Waals surface area contributed by atoms with Crippen LogP contribution in [-0.4, -0.2) is 192 Å². The summed E-state index contributed by atoms with van der Waals surface area (Å²) in [4.78, 5) is 123. The number of primary amides is 1. The van der Waals surface area contributed by atoms with Crippen molar-refractivity contribution >= 4 is 59.5 Å². The number of aldehydes is 1. The van der Waals surface area contributed by atoms with Crippen LogP contribution in [0.25, 0.3) is 0 Å². The first-order valence-corrected chi connectivity index (χ1v) is 25.1. The van der Waals surface area contributed by atoms with Crippen molar-refractivity contribution in [2.24, 2.45) is 45.7 Å². The number of ether oxygens (including phenoxy) is 1. The first kappa shape index (κ1) is 68.4. The zero-order chi connectivity index (χ0) is 58.9. The van der Waals surface area contributed by atoms with Crippen molar-refractivity contribution in [1.82, 2.24) is 47.9 Å². The van der Waals surface area contributed by atoms with Gasteiger partial charge in [-0.05, 0) is 68.7 Å². The van der Waals surface area contributed by atoms with E-state index in [2.05, 4.69) is 47.5 Å². The number of hydrogen-bond donors (Lipinski definition) is 18. The number of carbonyl (C=O) groups is 9. The second-order valence-electron chi connectivity index (χ2n) is 19.3. The van der Waals surface area contributed by atoms with E-state index >= 15 is 0 Å². The molecule has 0 spiro atoms. The fourth-order valence-electron chi connectivity index (χ4n) is 7.45. The highest BCUT2D eigenvalue weighted by Gasteiger charge is 2.39. The van der Waals surface area contributed by atoms with Crippen LogP contribution >= 0.6 is 0 Å². The van der Waals surface area contributed by atoms with Gasteiger partial charge in [0.15, 0.2) is 12.1 Å². The molecule has 0 saturated heterocycles. The lowest BCUT2D eigenvalue weighted by Gasteiger charge is -2.33. The molecule has 1 aromatic rings. The third-order valence-electron chi connectivity index (χ3n) is 12.3. The lowest BCUT2D eigenvalue weighted by molar-refractivity contribution is -0.138. The van der Waals surface area contributed by atoms with Crippen LogP contribution in [0.1, 0.15) is 85.8 Å². The predicted molar refractivity (Wildman–Crippen MR) is 280 cm³/mol. The summed E-state index contributed by atoms with van der Waals surface area (Å²) < 4.78 is 5.25. The summed E-state index contributed by atoms with van der Waals surface area (Å²) in [5.41, 5.74) is 22.9. The fourth-order valence-corrected chi connectivity index (χ4v) is 7.45. The third-order valence-corrected chi connectivity index (χ3v) is 12.3. The molecule has 0 aliphatic rings. The number of nitrogens with two attached hydrogens (primary N) is 4. The first-order valence-electron chi connectivity index (χ1n) is 25.1. The van der Waals surface area contributed by atoms with Crippen LogP contribution in [0.4, 0.5) is 0 Å². The molecule has 0 bridgehead atoms. The van der Waals surface area contributed by atoms with Gasteiger partial charge in [0, 0.05) is 6.54 Å². The summed E-state index contributed by atoms with van der Waals surface area (Å²) in [5.74, 6) is -9.57. The summed E-state index contributed by atoms with van der Waals surface area (Å²) in [6, 6.07) is -6.73. The van der Waals surface area contributed by atoms with Gasteiger partial charge in [0.2, 0.25) is 47.3 Å². The molecule has 1 rings (SSSR count). The maximum atomic E-state index is 14.3. The maximum absolute atomic E-state index is 14.3. The number of aliphatic imine (C=N–C) groups is 1. The van der Waals surface area contributed by atoms with Crippen molar-refractivity contribution in [3.05, 3.63) is 29.8 Å². The van der Waals surface area contributed by atoms with Gasteiger partial charge in [0.25, 0.3) is 0 Å². The molecule has 0 fully saturated rings. The predicted octanol–water partition coefficient (Wildman–Crippen LogP) is -6.83. The van der Waals surface area contributed by atoms with E-state index in [-0.39, 0.29) is 50.4 Å². The van der Waals surface area contributed by atoms with Gasteiger partial charge in [-0.3, -0.25) is 48.7 Å². The average Bonchev–Trinajstić information content (AvgIpc) is 3.38. The number of aliphatic hydroxyl groups is 5. The number of guanidine groups is 1. The fraction of sp³-hybridized carbons (Fsp3) is 0.667. The Morgan fingerprint density at radius 3 is 1.79 bits per heavy atom. The van der Waals surface area contributed by atoms with Crippen molar-refractivity contribution in [3.63, 3.8) is 0 Å². The van der Waals surface area contributed by atoms with Gasteiger partial charge >= 0.3 is 0 Å². The van der Waals surface area contributed by atoms with E-state index in [0.717, 1.165) is 6.92 Å². The molecule has 29 nitrogen and oxygen atoms in total. The lowest BCUT2D eigenvalue weighted by Crippen LogP contribution is -2.63. The Labute approximate surface area is 448 Å². The normalized spacial score (nSPS) is 16.8. The first-order chi connectivity index (χ1) is 36.1. The third kappa shape index (κ3) is 22.9. The smallest absolute Gasteiger partial charge is 0.248 e. The standard InChI is InChI=1S/C48H84N14O15/c1-10-24(6)34(46(75)60-35(25(7)65)45(74)55-19-32(66)56-30(20-63)39(68)40(50)69)59-41(70)28(12-11-17-54-48(51)52)57-42(71)29(18-22(2)3)58-47(76)37(38(67)23(4)5)62-44(73)33(49)36(61-43(72)31(21-64)53-8)26-13-15-27(77-9)16-14-26/h13-16,20,22-25,28-31,33-39,43,53,61,64-65,67-68,72H,10-12,17-19,21,49H2,1-9H3,(H2,50,69)(H,55,74)(H,56,66)(H,57,71)(H,58,76)(H,59,70)(H,60,75)(H,62,73)(H4,51,52,54)/t24-,25-,28+,29-,30+,31-,33-,34-,35-,36+,37-,38+,39-,43?/m0/s1. The van der Waals surface area contributed by atoms with Crippen molar-refractivity contribution in [2.45, 2.75) is 153 Å². The highest BCUT2D eigenvalue weighted by Crippen LogP contribution is 2.22. The molecule has 0 aromatic heterocycles. The van der Waals surface area contributed by atoms with E-state index in [1.54, 1.807) is 65.8 Å². The highest BCUT2D eigenvalue weighted by molar-refractivity contribution is 5.97. The second-order valence-corrected chi connectivity index (χ2v) is 19.3. The van der Waals surface area contributed by atoms with E-state index < -0.39 is 151 Å². The molecule has 77 heavy (non-hydrogen) atoms. The number of carbonyl (C=O) groups excluding carboxylic acids is 9. The van der Waals surface area contributed by atoms with Crippen LogP contribution in [0.3, 0.4) is 0 Å². The minimum atomic E-state index is -2.07. The summed E-state index contributed by atoms with van der Waals surface area (Å²) in [6.07, 6.45) is -6.42. The van der Waals surface area contributed by atoms with Gasteiger partial charge in [0.05, 0.1) is 44.6 Å². The zero-order valence-electron chi connectivity index (χ0n) is 45.1. The molecule has 22 N–H and O–H groups in total. The zero-order valence-corrected chi connectivity index (χ0v) is 45.1. The summed E-state index contributed by atoms with van der Waals surface area (Å²) in [6.45, 7) is 9.74. The van der Waals surface area contributed by atoms with Crippen LogP contribution in [-0.2, 0) is 43.2 Å². The van der Waals surface area contributed by atoms with Crippen LogP contribution in [0.5, 0.6) is 5.75 Å². The number of benzene rings is 1. The van der Waals surface area contributed by atoms with E-state index in [1.165, 1.54) is 14.2 Å². The van der Waals surface area contributed by atoms with Gasteiger partial charge in [-0.15, -0.1) is 0 Å². The quantitative estimate of drug-likeness (QED) is 0.00976. The molecule has 8 amide bonds. The van der Waals surface area contributed by atoms with Gasteiger partial charge < -0.3 is 101 Å². The number of hydrogen-bond acceptors (Lipinski definition) is 19. The van der Waals surface area contributed by atoms with Crippen LogP contribution in [0, 0.1) is 17.8 Å². The topological polar surface area (TPSA) is 489 Å². The van der Waals surface area contributed by atoms with Crippen LogP contribution in [0.2, 0.25) is 0 Å². The van der Waals surface area contributed by atoms with E-state index in [0.29, 0.717) is 11.3 Å². The van der Waals surface area contributed by atoms with Crippen molar-refractivity contribution in [1.29, 1.82) is 0 Å². The van der Waals surface area contributed by atoms with Gasteiger partial charge in [-0.2, -0.15) is 0 Å². The number of methoxy groups -OCH3 is 1. The minimum absolute atomic E-state index is 0.00390.